The van der Waals surface area contributed by atoms with Crippen molar-refractivity contribution in [3.8, 4) is 5.75 Å². The maximum atomic E-state index is 13.0. The van der Waals surface area contributed by atoms with Crippen LogP contribution >= 0.6 is 0 Å². The fourth-order valence-electron chi connectivity index (χ4n) is 1.66. The molecule has 0 aliphatic heterocycles. The molecule has 0 amide bonds. The van der Waals surface area contributed by atoms with Crippen LogP contribution in [0.25, 0.3) is 0 Å². The Labute approximate surface area is 106 Å². The first kappa shape index (κ1) is 14.4. The Hall–Kier alpha value is -1.62. The number of esters is 1. The molecule has 0 fully saturated rings. The van der Waals surface area contributed by atoms with Crippen LogP contribution in [-0.2, 0) is 9.53 Å². The summed E-state index contributed by atoms with van der Waals surface area (Å²) in [5.41, 5.74) is 4.98. The quantitative estimate of drug-likeness (QED) is 0.816. The van der Waals surface area contributed by atoms with Crippen molar-refractivity contribution in [2.45, 2.75) is 31.9 Å². The van der Waals surface area contributed by atoms with Crippen LogP contribution in [0.4, 0.5) is 4.39 Å². The summed E-state index contributed by atoms with van der Waals surface area (Å²) >= 11 is 0. The molecule has 5 heteroatoms. The largest absolute Gasteiger partial charge is 0.488 e. The third-order valence-electron chi connectivity index (χ3n) is 2.41. The highest BCUT2D eigenvalue weighted by Gasteiger charge is 2.27. The average molecular weight is 255 g/mol. The van der Waals surface area contributed by atoms with E-state index in [0.717, 1.165) is 0 Å². The number of methoxy groups -OCH3 is 1. The second kappa shape index (κ2) is 5.82. The van der Waals surface area contributed by atoms with E-state index in [1.54, 1.807) is 26.0 Å². The first-order chi connectivity index (χ1) is 8.34. The molecular formula is C13H18FNO3. The smallest absolute Gasteiger partial charge is 0.322 e. The number of carbonyl (C=O) groups is 1. The summed E-state index contributed by atoms with van der Waals surface area (Å²) in [6, 6.07) is 5.06. The number of hydrogen-bond acceptors (Lipinski definition) is 4. The minimum absolute atomic E-state index is 0.274. The Morgan fingerprint density at radius 2 is 2.17 bits per heavy atom. The van der Waals surface area contributed by atoms with Gasteiger partial charge in [0.1, 0.15) is 23.2 Å². The van der Waals surface area contributed by atoms with Gasteiger partial charge in [-0.3, -0.25) is 4.79 Å². The predicted octanol–water partition coefficient (Wildman–Crippen LogP) is 1.87. The maximum absolute atomic E-state index is 13.0. The Balaban J connectivity index is 2.67. The van der Waals surface area contributed by atoms with Crippen molar-refractivity contribution in [2.24, 2.45) is 5.73 Å². The van der Waals surface area contributed by atoms with Crippen LogP contribution < -0.4 is 10.5 Å². The lowest BCUT2D eigenvalue weighted by atomic mass is 9.99. The molecule has 0 saturated heterocycles. The number of nitrogens with two attached hydrogens (primary N) is 1. The van der Waals surface area contributed by atoms with E-state index in [4.69, 9.17) is 10.5 Å². The van der Waals surface area contributed by atoms with E-state index in [-0.39, 0.29) is 12.2 Å². The Morgan fingerprint density at radius 3 is 2.72 bits per heavy atom. The highest BCUT2D eigenvalue weighted by atomic mass is 19.1. The zero-order chi connectivity index (χ0) is 13.8. The summed E-state index contributed by atoms with van der Waals surface area (Å²) in [6.45, 7) is 3.56. The van der Waals surface area contributed by atoms with E-state index in [1.165, 1.54) is 19.2 Å². The zero-order valence-corrected chi connectivity index (χ0v) is 10.8. The van der Waals surface area contributed by atoms with Gasteiger partial charge in [0.2, 0.25) is 0 Å². The van der Waals surface area contributed by atoms with Gasteiger partial charge in [0.05, 0.1) is 7.11 Å². The van der Waals surface area contributed by atoms with Crippen LogP contribution in [0.1, 0.15) is 20.3 Å². The molecule has 0 aromatic heterocycles. The van der Waals surface area contributed by atoms with Crippen molar-refractivity contribution < 1.29 is 18.7 Å². The van der Waals surface area contributed by atoms with Crippen molar-refractivity contribution in [1.82, 2.24) is 0 Å². The standard InChI is InChI=1S/C13H18FNO3/c1-13(2,8-11(15)12(16)17-3)18-10-6-4-5-9(14)7-10/h4-7,11H,8,15H2,1-3H3. The number of ether oxygens (including phenoxy) is 2. The van der Waals surface area contributed by atoms with Gasteiger partial charge in [-0.25, -0.2) is 4.39 Å². The van der Waals surface area contributed by atoms with Crippen LogP contribution in [0.5, 0.6) is 5.75 Å². The van der Waals surface area contributed by atoms with Crippen LogP contribution in [0, 0.1) is 5.82 Å². The van der Waals surface area contributed by atoms with Crippen LogP contribution in [-0.4, -0.2) is 24.7 Å². The van der Waals surface area contributed by atoms with E-state index >= 15 is 0 Å². The molecule has 100 valence electrons. The molecule has 1 aromatic rings. The van der Waals surface area contributed by atoms with Crippen molar-refractivity contribution in [1.29, 1.82) is 0 Å². The summed E-state index contributed by atoms with van der Waals surface area (Å²) in [6.07, 6.45) is 0.274. The molecule has 1 unspecified atom stereocenters. The molecule has 0 radical (unpaired) electrons. The number of carbonyl (C=O) groups excluding carboxylic acids is 1. The van der Waals surface area contributed by atoms with Crippen molar-refractivity contribution in [3.05, 3.63) is 30.1 Å². The Morgan fingerprint density at radius 1 is 1.50 bits per heavy atom. The van der Waals surface area contributed by atoms with Crippen molar-refractivity contribution >= 4 is 5.97 Å². The summed E-state index contributed by atoms with van der Waals surface area (Å²) in [5.74, 6) is -0.469. The lowest BCUT2D eigenvalue weighted by Crippen LogP contribution is -2.41. The van der Waals surface area contributed by atoms with Gasteiger partial charge in [-0.05, 0) is 26.0 Å². The fraction of sp³-hybridized carbons (Fsp3) is 0.462. The highest BCUT2D eigenvalue weighted by molar-refractivity contribution is 5.75. The van der Waals surface area contributed by atoms with Crippen LogP contribution in [0.3, 0.4) is 0 Å². The van der Waals surface area contributed by atoms with Gasteiger partial charge in [-0.15, -0.1) is 0 Å². The molecule has 2 N–H and O–H groups in total. The summed E-state index contributed by atoms with van der Waals surface area (Å²) < 4.78 is 23.2. The number of rotatable bonds is 5. The Bertz CT molecular complexity index is 420. The summed E-state index contributed by atoms with van der Waals surface area (Å²) in [5, 5.41) is 0. The summed E-state index contributed by atoms with van der Waals surface area (Å²) in [4.78, 5) is 11.2. The normalized spacial score (nSPS) is 12.9. The van der Waals surface area contributed by atoms with E-state index in [0.29, 0.717) is 5.75 Å². The SMILES string of the molecule is COC(=O)C(N)CC(C)(C)Oc1cccc(F)c1. The van der Waals surface area contributed by atoms with Gasteiger partial charge in [-0.1, -0.05) is 6.07 Å². The molecule has 0 saturated carbocycles. The first-order valence-corrected chi connectivity index (χ1v) is 5.62. The lowest BCUT2D eigenvalue weighted by molar-refractivity contribution is -0.143. The molecular weight excluding hydrogens is 237 g/mol. The van der Waals surface area contributed by atoms with Crippen LogP contribution in [0.2, 0.25) is 0 Å². The number of halogens is 1. The molecule has 0 heterocycles. The second-order valence-electron chi connectivity index (χ2n) is 4.65. The zero-order valence-electron chi connectivity index (χ0n) is 10.8. The molecule has 1 aromatic carbocycles. The van der Waals surface area contributed by atoms with Gasteiger partial charge in [0.15, 0.2) is 0 Å². The topological polar surface area (TPSA) is 61.5 Å². The van der Waals surface area contributed by atoms with Gasteiger partial charge in [0, 0.05) is 12.5 Å². The second-order valence-corrected chi connectivity index (χ2v) is 4.65. The monoisotopic (exact) mass is 255 g/mol. The molecule has 1 atom stereocenters. The van der Waals surface area contributed by atoms with Gasteiger partial charge >= 0.3 is 5.97 Å². The third-order valence-corrected chi connectivity index (χ3v) is 2.41. The van der Waals surface area contributed by atoms with Crippen molar-refractivity contribution in [2.75, 3.05) is 7.11 Å². The number of benzene rings is 1. The molecule has 1 rings (SSSR count). The molecule has 0 aliphatic rings. The third kappa shape index (κ3) is 4.33. The van der Waals surface area contributed by atoms with E-state index < -0.39 is 17.6 Å². The van der Waals surface area contributed by atoms with E-state index in [2.05, 4.69) is 4.74 Å². The van der Waals surface area contributed by atoms with E-state index in [9.17, 15) is 9.18 Å². The van der Waals surface area contributed by atoms with Crippen LogP contribution in [0.15, 0.2) is 24.3 Å². The minimum Gasteiger partial charge on any atom is -0.488 e. The van der Waals surface area contributed by atoms with E-state index in [1.807, 2.05) is 0 Å². The molecule has 0 aliphatic carbocycles. The summed E-state index contributed by atoms with van der Waals surface area (Å²) in [7, 11) is 1.28. The van der Waals surface area contributed by atoms with Gasteiger partial charge < -0.3 is 15.2 Å². The molecule has 18 heavy (non-hydrogen) atoms. The molecule has 0 spiro atoms. The highest BCUT2D eigenvalue weighted by Crippen LogP contribution is 2.22. The van der Waals surface area contributed by atoms with Gasteiger partial charge in [-0.2, -0.15) is 0 Å². The Kier molecular flexibility index (Phi) is 4.67. The predicted molar refractivity (Wildman–Crippen MR) is 65.7 cm³/mol. The fourth-order valence-corrected chi connectivity index (χ4v) is 1.66. The van der Waals surface area contributed by atoms with Gasteiger partial charge in [0.25, 0.3) is 0 Å². The minimum atomic E-state index is -0.765. The molecule has 4 nitrogen and oxygen atoms in total. The maximum Gasteiger partial charge on any atom is 0.322 e. The first-order valence-electron chi connectivity index (χ1n) is 5.62. The average Bonchev–Trinajstić information content (AvgIpc) is 2.26. The van der Waals surface area contributed by atoms with Crippen molar-refractivity contribution in [3.63, 3.8) is 0 Å². The number of hydrogen-bond donors (Lipinski definition) is 1. The lowest BCUT2D eigenvalue weighted by Gasteiger charge is -2.28. The molecule has 0 bridgehead atoms.